The van der Waals surface area contributed by atoms with Gasteiger partial charge in [-0.05, 0) is 69.6 Å². The highest BCUT2D eigenvalue weighted by molar-refractivity contribution is 6.35. The Balaban J connectivity index is 0.000000300. The molecule has 1 unspecified atom stereocenters. The smallest absolute Gasteiger partial charge is 0.312 e. The molecule has 0 radical (unpaired) electrons. The molecule has 4 aliphatic heterocycles. The molecule has 1 fully saturated rings. The number of carbonyl (C=O) groups excluding carboxylic acids is 4. The number of hydrazone groups is 1. The van der Waals surface area contributed by atoms with E-state index in [1.54, 1.807) is 63.4 Å². The van der Waals surface area contributed by atoms with Gasteiger partial charge >= 0.3 is 11.8 Å². The number of aromatic hydroxyl groups is 3. The summed E-state index contributed by atoms with van der Waals surface area (Å²) in [5.41, 5.74) is 6.65. The molecule has 27 nitrogen and oxygen atoms in total. The Morgan fingerprint density at radius 3 is 2.06 bits per heavy atom. The Labute approximate surface area is 634 Å². The van der Waals surface area contributed by atoms with Crippen LogP contribution in [0.25, 0.3) is 10.8 Å². The van der Waals surface area contributed by atoms with Crippen LogP contribution < -0.4 is 26.4 Å². The van der Waals surface area contributed by atoms with Gasteiger partial charge in [0.1, 0.15) is 35.2 Å². The Bertz CT molecular complexity index is 3960. The SMILES string of the molecule is CC[C@@H](CO)NCCN[C@@H](CC)CO.CO[C@H]1/C=C/O[C@@]2(C)Oc3c(C)c(O)c4c(O)c(c(/C=N\N5CCN(C)CC5)c(O)c4c3C2=O)NC(=O)/C(C)=C\C=C\[C@H](C)[C@H](O)[C@@H](C)[C@@H](O)[C@@H](C)[C@H](OC(C)=O)[C@@H]1C.Clc1ccc(COC(Cn2ccnc2)c2ccc(Cl)cc2Cl)cc1.NC(=O)c1cnccn1. The number of halogens is 3. The second kappa shape index (κ2) is 41.7. The maximum atomic E-state index is 14.4. The first-order chi connectivity index (χ1) is 50.4. The number of nitrogens with zero attached hydrogens (tertiary/aromatic N) is 7. The van der Waals surface area contributed by atoms with Crippen molar-refractivity contribution >= 4 is 81.0 Å². The number of phenols is 3. The second-order valence-corrected chi connectivity index (χ2v) is 27.7. The van der Waals surface area contributed by atoms with Crippen LogP contribution in [0.2, 0.25) is 15.1 Å². The topological polar surface area (TPSA) is 381 Å². The lowest BCUT2D eigenvalue weighted by molar-refractivity contribution is -0.160. The first kappa shape index (κ1) is 86.6. The molecule has 10 rings (SSSR count). The normalized spacial score (nSPS) is 23.4. The molecule has 12 N–H and O–H groups in total. The minimum atomic E-state index is -2.04. The zero-order chi connectivity index (χ0) is 78.1. The number of methoxy groups -OCH3 is 1. The minimum Gasteiger partial charge on any atom is -0.507 e. The number of phenolic OH excluding ortho intramolecular Hbond substituents is 3. The number of Topliss-reactive ketones (excluding diaryl/α,β-unsaturated/α-hetero) is 1. The van der Waals surface area contributed by atoms with Crippen molar-refractivity contribution in [2.75, 3.05) is 72.0 Å². The van der Waals surface area contributed by atoms with E-state index in [9.17, 15) is 44.7 Å². The van der Waals surface area contributed by atoms with Crippen molar-refractivity contribution in [3.05, 3.63) is 164 Å². The molecule has 4 aliphatic rings. The van der Waals surface area contributed by atoms with Crippen LogP contribution in [0.5, 0.6) is 23.0 Å². The van der Waals surface area contributed by atoms with Crippen molar-refractivity contribution in [2.45, 2.75) is 144 Å². The lowest BCUT2D eigenvalue weighted by Crippen LogP contribution is -2.46. The average molecular weight is 1530 g/mol. The number of aromatic nitrogens is 4. The number of hydrogen-bond acceptors (Lipinski definition) is 24. The van der Waals surface area contributed by atoms with Crippen LogP contribution in [0.15, 0.2) is 121 Å². The molecule has 6 heterocycles. The Morgan fingerprint density at radius 2 is 1.50 bits per heavy atom. The lowest BCUT2D eigenvalue weighted by atomic mass is 9.78. The molecular weight excluding hydrogens is 1430 g/mol. The van der Waals surface area contributed by atoms with E-state index in [1.165, 1.54) is 78.0 Å². The van der Waals surface area contributed by atoms with E-state index < -0.39 is 94.7 Å². The van der Waals surface area contributed by atoms with Gasteiger partial charge in [-0.25, -0.2) is 9.97 Å². The van der Waals surface area contributed by atoms with Crippen LogP contribution in [-0.2, 0) is 41.7 Å². The van der Waals surface area contributed by atoms with E-state index in [0.717, 1.165) is 50.1 Å². The Hall–Kier alpha value is -8.29. The molecular formula is C76H102Cl3N11O16. The van der Waals surface area contributed by atoms with Gasteiger partial charge in [0.2, 0.25) is 0 Å². The third kappa shape index (κ3) is 23.6. The number of nitrogens with two attached hydrogens (primary N) is 1. The summed E-state index contributed by atoms with van der Waals surface area (Å²) in [6.07, 6.45) is 16.1. The Morgan fingerprint density at radius 1 is 0.849 bits per heavy atom. The monoisotopic (exact) mass is 1530 g/mol. The molecule has 2 amide bonds. The number of benzene rings is 4. The largest absolute Gasteiger partial charge is 0.507 e. The van der Waals surface area contributed by atoms with Crippen molar-refractivity contribution in [3.8, 4) is 23.0 Å². The summed E-state index contributed by atoms with van der Waals surface area (Å²) in [5.74, 6) is -8.90. The summed E-state index contributed by atoms with van der Waals surface area (Å²) in [6, 6.07) is 13.4. The predicted molar refractivity (Wildman–Crippen MR) is 407 cm³/mol. The fraction of sp³-hybridized carbons (Fsp3) is 0.474. The van der Waals surface area contributed by atoms with Gasteiger partial charge in [-0.3, -0.25) is 29.2 Å². The number of rotatable bonds is 20. The highest BCUT2D eigenvalue weighted by Gasteiger charge is 2.50. The highest BCUT2D eigenvalue weighted by atomic mass is 35.5. The van der Waals surface area contributed by atoms with Crippen molar-refractivity contribution in [1.29, 1.82) is 0 Å². The number of piperazine rings is 1. The molecule has 12 atom stereocenters. The van der Waals surface area contributed by atoms with E-state index in [4.69, 9.17) is 74.4 Å². The number of ether oxygens (including phenoxy) is 5. The van der Waals surface area contributed by atoms with Gasteiger partial charge in [0.05, 0.1) is 91.9 Å². The number of aliphatic hydroxyl groups excluding tert-OH is 4. The average Bonchev–Trinajstić information content (AvgIpc) is 1.50. The van der Waals surface area contributed by atoms with Crippen molar-refractivity contribution in [1.82, 2.24) is 40.1 Å². The lowest BCUT2D eigenvalue weighted by Gasteiger charge is -2.38. The number of fused-ring (bicyclic) bond motifs is 14. The van der Waals surface area contributed by atoms with Crippen LogP contribution in [0.1, 0.15) is 124 Å². The number of anilines is 1. The van der Waals surface area contributed by atoms with Crippen LogP contribution in [0, 0.1) is 30.6 Å². The number of likely N-dealkylation sites (N-methyl/N-ethyl adjacent to an activating group) is 1. The van der Waals surface area contributed by atoms with Crippen LogP contribution in [0.4, 0.5) is 5.69 Å². The summed E-state index contributed by atoms with van der Waals surface area (Å²) in [6.45, 7) is 22.3. The van der Waals surface area contributed by atoms with Gasteiger partial charge in [0.15, 0.2) is 5.75 Å². The molecule has 0 saturated carbocycles. The third-order valence-corrected chi connectivity index (χ3v) is 19.5. The van der Waals surface area contributed by atoms with E-state index in [1.807, 2.05) is 68.1 Å². The van der Waals surface area contributed by atoms with E-state index in [0.29, 0.717) is 41.3 Å². The Kier molecular flexibility index (Phi) is 34.1. The molecule has 30 heteroatoms. The highest BCUT2D eigenvalue weighted by Crippen LogP contribution is 2.55. The van der Waals surface area contributed by atoms with E-state index in [-0.39, 0.29) is 81.6 Å². The third-order valence-electron chi connectivity index (χ3n) is 18.7. The van der Waals surface area contributed by atoms with Crippen LogP contribution in [0.3, 0.4) is 0 Å². The van der Waals surface area contributed by atoms with Gasteiger partial charge in [-0.1, -0.05) is 113 Å². The first-order valence-corrected chi connectivity index (χ1v) is 36.1. The molecule has 0 aliphatic carbocycles. The molecule has 0 spiro atoms. The minimum absolute atomic E-state index is 0.0559. The summed E-state index contributed by atoms with van der Waals surface area (Å²) < 4.78 is 31.7. The number of primary amides is 1. The number of allylic oxidation sites excluding steroid dienone is 2. The van der Waals surface area contributed by atoms with Crippen molar-refractivity contribution in [2.24, 2.45) is 34.5 Å². The summed E-state index contributed by atoms with van der Waals surface area (Å²) in [7, 11) is 3.42. The van der Waals surface area contributed by atoms with E-state index in [2.05, 4.69) is 40.9 Å². The van der Waals surface area contributed by atoms with Crippen LogP contribution >= 0.6 is 34.8 Å². The van der Waals surface area contributed by atoms with Gasteiger partial charge < -0.3 is 90.6 Å². The number of ketones is 1. The molecule has 4 aromatic carbocycles. The molecule has 6 aromatic rings. The number of imidazole rings is 1. The molecule has 1 saturated heterocycles. The molecule has 578 valence electrons. The van der Waals surface area contributed by atoms with Gasteiger partial charge in [0, 0.05) is 158 Å². The molecule has 5 bridgehead atoms. The number of carbonyl (C=O) groups is 4. The predicted octanol–water partition coefficient (Wildman–Crippen LogP) is 9.42. The number of nitrogens with one attached hydrogen (secondary N) is 3. The standard InChI is InChI=1S/C43H58N4O12.C18H15Cl3N2O.C10H24N2O2.C5H5N3O/c1-21-12-11-13-22(2)42(55)45-33-28(20-44-47-17-15-46(9)16-18-47)37(52)30-31(38(33)53)36(51)26(6)40-32(30)41(54)43(8,59-40)57-19-14-29(56-10)23(3)39(58-27(7)48)25(5)35(50)24(4)34(21)49;19-14-3-1-13(2-4-14)11-24-18(10-23-8-7-22-12-23)16-6-5-15(20)9-17(16)21;1-3-9(7-13)11-5-6-12-10(4-2)8-14;6-5(9)4-3-7-1-2-8-4/h11-14,19-21,23-25,29,34-35,39,49-53H,15-18H2,1-10H3,(H,45,55);1-9,12,18H,10-11H2;9-14H,3-8H2,1-2H3;1-3H,(H2,6,9)/b12-11+,19-14+,22-13-,44-20-;;;/t21-,23+,24+,25+,29-,34-,35+,39+,43-;;9-,10-;/m0.0./s1. The summed E-state index contributed by atoms with van der Waals surface area (Å²) in [4.78, 5) is 64.3. The van der Waals surface area contributed by atoms with Gasteiger partial charge in [0.25, 0.3) is 17.6 Å². The summed E-state index contributed by atoms with van der Waals surface area (Å²) in [5, 5.41) is 93.0. The number of hydrogen-bond donors (Lipinski definition) is 11. The fourth-order valence-electron chi connectivity index (χ4n) is 11.9. The maximum absolute atomic E-state index is 14.4. The van der Waals surface area contributed by atoms with Crippen LogP contribution in [-0.4, -0.2) is 204 Å². The summed E-state index contributed by atoms with van der Waals surface area (Å²) >= 11 is 18.3. The first-order valence-electron chi connectivity index (χ1n) is 35.0. The maximum Gasteiger partial charge on any atom is 0.312 e. The number of esters is 1. The van der Waals surface area contributed by atoms with Crippen molar-refractivity contribution < 1.29 is 78.6 Å². The fourth-order valence-corrected chi connectivity index (χ4v) is 12.6. The quantitative estimate of drug-likeness (QED) is 0.0111. The van der Waals surface area contributed by atoms with Crippen molar-refractivity contribution in [3.63, 3.8) is 0 Å². The zero-order valence-electron chi connectivity index (χ0n) is 62.0. The molecule has 2 aromatic heterocycles. The van der Waals surface area contributed by atoms with Gasteiger partial charge in [-0.15, -0.1) is 0 Å². The number of amides is 2. The number of aliphatic hydroxyl groups is 4. The van der Waals surface area contributed by atoms with Gasteiger partial charge in [-0.2, -0.15) is 5.10 Å². The van der Waals surface area contributed by atoms with E-state index >= 15 is 0 Å². The molecule has 106 heavy (non-hydrogen) atoms. The zero-order valence-corrected chi connectivity index (χ0v) is 64.2. The second-order valence-electron chi connectivity index (χ2n) is 26.4.